The molecule has 2 aliphatic rings. The molecule has 0 radical (unpaired) electrons. The third-order valence-corrected chi connectivity index (χ3v) is 7.14. The number of nitriles is 1. The summed E-state index contributed by atoms with van der Waals surface area (Å²) in [6.45, 7) is 0. The molecule has 162 valence electrons. The number of carbonyl (C=O) groups excluding carboxylic acids is 2. The quantitative estimate of drug-likeness (QED) is 0.680. The molecule has 0 aromatic carbocycles. The minimum atomic E-state index is -0.308. The molecule has 31 heavy (non-hydrogen) atoms. The van der Waals surface area contributed by atoms with Gasteiger partial charge in [-0.25, -0.2) is 4.79 Å². The summed E-state index contributed by atoms with van der Waals surface area (Å²) in [6, 6.07) is 4.25. The molecule has 0 aliphatic heterocycles. The van der Waals surface area contributed by atoms with Crippen molar-refractivity contribution in [2.45, 2.75) is 57.1 Å². The molecule has 0 spiro atoms. The van der Waals surface area contributed by atoms with Gasteiger partial charge in [0.15, 0.2) is 0 Å². The van der Waals surface area contributed by atoms with Gasteiger partial charge in [0, 0.05) is 36.0 Å². The summed E-state index contributed by atoms with van der Waals surface area (Å²) >= 11 is 1.39. The van der Waals surface area contributed by atoms with Gasteiger partial charge in [-0.2, -0.15) is 5.26 Å². The number of fused-ring (bicyclic) bond motifs is 1. The maximum Gasteiger partial charge on any atom is 0.410 e. The number of ether oxygens (including phenoxy) is 1. The van der Waals surface area contributed by atoms with Crippen molar-refractivity contribution in [1.82, 2.24) is 4.90 Å². The Kier molecular flexibility index (Phi) is 6.42. The maximum atomic E-state index is 12.5. The summed E-state index contributed by atoms with van der Waals surface area (Å²) in [4.78, 5) is 27.6. The Balaban J connectivity index is 1.40. The van der Waals surface area contributed by atoms with Crippen LogP contribution >= 0.6 is 11.3 Å². The van der Waals surface area contributed by atoms with E-state index in [4.69, 9.17) is 9.15 Å². The monoisotopic (exact) mass is 439 g/mol. The Morgan fingerprint density at radius 1 is 1.35 bits per heavy atom. The van der Waals surface area contributed by atoms with Crippen LogP contribution in [0.2, 0.25) is 0 Å². The van der Waals surface area contributed by atoms with Gasteiger partial charge in [-0.05, 0) is 43.4 Å². The van der Waals surface area contributed by atoms with Crippen molar-refractivity contribution in [2.24, 2.45) is 0 Å². The first-order chi connectivity index (χ1) is 15.0. The number of hydrogen-bond donors (Lipinski definition) is 1. The molecule has 8 heteroatoms. The molecule has 1 unspecified atom stereocenters. The molecule has 1 saturated carbocycles. The van der Waals surface area contributed by atoms with E-state index < -0.39 is 0 Å². The first-order valence-corrected chi connectivity index (χ1v) is 11.4. The van der Waals surface area contributed by atoms with Gasteiger partial charge in [0.05, 0.1) is 18.1 Å². The van der Waals surface area contributed by atoms with Gasteiger partial charge in [0.2, 0.25) is 5.91 Å². The van der Waals surface area contributed by atoms with Gasteiger partial charge in [-0.3, -0.25) is 4.79 Å². The van der Waals surface area contributed by atoms with Crippen LogP contribution in [0.3, 0.4) is 0 Å². The van der Waals surface area contributed by atoms with Crippen molar-refractivity contribution in [3.05, 3.63) is 46.2 Å². The lowest BCUT2D eigenvalue weighted by molar-refractivity contribution is -0.111. The van der Waals surface area contributed by atoms with E-state index in [0.717, 1.165) is 41.7 Å². The second-order valence-electron chi connectivity index (χ2n) is 8.00. The van der Waals surface area contributed by atoms with Crippen molar-refractivity contribution >= 4 is 34.4 Å². The van der Waals surface area contributed by atoms with Crippen LogP contribution in [-0.2, 0) is 22.4 Å². The third kappa shape index (κ3) is 4.83. The van der Waals surface area contributed by atoms with Crippen LogP contribution in [0, 0.1) is 11.3 Å². The summed E-state index contributed by atoms with van der Waals surface area (Å²) in [7, 11) is 1.82. The molecule has 2 aliphatic carbocycles. The van der Waals surface area contributed by atoms with Gasteiger partial charge in [0.25, 0.3) is 0 Å². The van der Waals surface area contributed by atoms with Crippen molar-refractivity contribution in [2.75, 3.05) is 12.4 Å². The van der Waals surface area contributed by atoms with Crippen molar-refractivity contribution in [3.63, 3.8) is 0 Å². The molecule has 1 N–H and O–H groups in total. The van der Waals surface area contributed by atoms with E-state index in [0.29, 0.717) is 29.8 Å². The smallest absolute Gasteiger partial charge is 0.410 e. The van der Waals surface area contributed by atoms with Gasteiger partial charge in [-0.15, -0.1) is 11.3 Å². The Morgan fingerprint density at radius 3 is 2.87 bits per heavy atom. The van der Waals surface area contributed by atoms with Crippen LogP contribution in [0.5, 0.6) is 0 Å². The summed E-state index contributed by atoms with van der Waals surface area (Å²) < 4.78 is 10.7. The number of amides is 2. The first kappa shape index (κ1) is 21.2. The van der Waals surface area contributed by atoms with Crippen LogP contribution < -0.4 is 5.32 Å². The zero-order valence-electron chi connectivity index (χ0n) is 17.4. The highest BCUT2D eigenvalue weighted by molar-refractivity contribution is 7.16. The highest BCUT2D eigenvalue weighted by atomic mass is 32.1. The molecule has 2 aromatic heterocycles. The normalized spacial score (nSPS) is 18.5. The number of nitrogens with one attached hydrogen (secondary N) is 1. The molecule has 7 nitrogen and oxygen atoms in total. The Morgan fingerprint density at radius 2 is 2.16 bits per heavy atom. The average Bonchev–Trinajstić information content (AvgIpc) is 3.52. The Bertz CT molecular complexity index is 1010. The predicted molar refractivity (Wildman–Crippen MR) is 118 cm³/mol. The van der Waals surface area contributed by atoms with Crippen LogP contribution in [-0.4, -0.2) is 36.1 Å². The lowest BCUT2D eigenvalue weighted by atomic mass is 9.94. The lowest BCUT2D eigenvalue weighted by Gasteiger charge is -2.28. The van der Waals surface area contributed by atoms with Gasteiger partial charge in [-0.1, -0.05) is 12.8 Å². The summed E-state index contributed by atoms with van der Waals surface area (Å²) in [5.74, 6) is -0.308. The molecule has 4 rings (SSSR count). The van der Waals surface area contributed by atoms with Crippen LogP contribution in [0.25, 0.3) is 6.08 Å². The van der Waals surface area contributed by atoms with Gasteiger partial charge < -0.3 is 19.4 Å². The second-order valence-corrected chi connectivity index (χ2v) is 9.10. The SMILES string of the molecule is CN(C(=O)OC1CCc2c(sc(NC(=O)C=Cc3ccoc3)c2C#N)C1)C1CCCC1. The molecule has 0 saturated heterocycles. The fourth-order valence-corrected chi connectivity index (χ4v) is 5.49. The standard InChI is InChI=1S/C23H25N3O4S/c1-26(16-4-2-3-5-16)23(28)30-17-7-8-18-19(13-24)22(31-20(18)12-17)25-21(27)9-6-15-10-11-29-14-15/h6,9-11,14,16-17H,2-5,7-8,12H2,1H3,(H,25,27). The lowest BCUT2D eigenvalue weighted by Crippen LogP contribution is -2.38. The summed E-state index contributed by atoms with van der Waals surface area (Å²) in [5, 5.41) is 13.0. The maximum absolute atomic E-state index is 12.5. The highest BCUT2D eigenvalue weighted by Gasteiger charge is 2.31. The van der Waals surface area contributed by atoms with Crippen LogP contribution in [0.4, 0.5) is 9.80 Å². The van der Waals surface area contributed by atoms with Crippen molar-refractivity contribution in [1.29, 1.82) is 5.26 Å². The summed E-state index contributed by atoms with van der Waals surface area (Å²) in [6.07, 6.45) is 11.9. The van der Waals surface area contributed by atoms with E-state index in [-0.39, 0.29) is 24.1 Å². The Labute approximate surface area is 185 Å². The fourth-order valence-electron chi connectivity index (χ4n) is 4.22. The molecule has 2 heterocycles. The summed E-state index contributed by atoms with van der Waals surface area (Å²) in [5.41, 5.74) is 2.25. The number of furan rings is 1. The largest absolute Gasteiger partial charge is 0.472 e. The number of thiophene rings is 1. The van der Waals surface area contributed by atoms with E-state index in [9.17, 15) is 14.9 Å². The average molecular weight is 440 g/mol. The van der Waals surface area contributed by atoms with Gasteiger partial charge in [0.1, 0.15) is 17.2 Å². The number of carbonyl (C=O) groups is 2. The highest BCUT2D eigenvalue weighted by Crippen LogP contribution is 2.38. The molecular formula is C23H25N3O4S. The fraction of sp³-hybridized carbons (Fsp3) is 0.435. The van der Waals surface area contributed by atoms with Crippen molar-refractivity contribution in [3.8, 4) is 6.07 Å². The van der Waals surface area contributed by atoms with E-state index >= 15 is 0 Å². The minimum absolute atomic E-state index is 0.210. The number of nitrogens with zero attached hydrogens (tertiary/aromatic N) is 2. The molecule has 2 amide bonds. The van der Waals surface area contributed by atoms with Gasteiger partial charge >= 0.3 is 6.09 Å². The molecule has 1 atom stereocenters. The number of rotatable bonds is 5. The second kappa shape index (κ2) is 9.40. The topological polar surface area (TPSA) is 95.6 Å². The predicted octanol–water partition coefficient (Wildman–Crippen LogP) is 4.73. The molecule has 2 aromatic rings. The van der Waals surface area contributed by atoms with E-state index in [1.807, 2.05) is 7.05 Å². The Hall–Kier alpha value is -3.05. The van der Waals surface area contributed by atoms with Crippen LogP contribution in [0.1, 0.15) is 53.7 Å². The number of anilines is 1. The first-order valence-electron chi connectivity index (χ1n) is 10.5. The minimum Gasteiger partial charge on any atom is -0.472 e. The van der Waals surface area contributed by atoms with E-state index in [1.165, 1.54) is 23.7 Å². The number of hydrogen-bond acceptors (Lipinski definition) is 6. The zero-order valence-corrected chi connectivity index (χ0v) is 18.2. The molecule has 0 bridgehead atoms. The molecular weight excluding hydrogens is 414 g/mol. The van der Waals surface area contributed by atoms with E-state index in [1.54, 1.807) is 23.3 Å². The zero-order chi connectivity index (χ0) is 21.8. The van der Waals surface area contributed by atoms with Crippen LogP contribution in [0.15, 0.2) is 29.1 Å². The van der Waals surface area contributed by atoms with Crippen molar-refractivity contribution < 1.29 is 18.7 Å². The third-order valence-electron chi connectivity index (χ3n) is 5.97. The molecule has 1 fully saturated rings. The van der Waals surface area contributed by atoms with E-state index in [2.05, 4.69) is 11.4 Å².